The topological polar surface area (TPSA) is 131 Å². The fourth-order valence-corrected chi connectivity index (χ4v) is 4.21. The van der Waals surface area contributed by atoms with Crippen molar-refractivity contribution >= 4 is 25.8 Å². The Balaban J connectivity index is 2.00. The summed E-state index contributed by atoms with van der Waals surface area (Å²) < 4.78 is 46.3. The monoisotopic (exact) mass is 424 g/mol. The molecular formula is C18H24N4O4S2. The molecule has 0 amide bonds. The molecule has 4 N–H and O–H groups in total. The third kappa shape index (κ3) is 6.04. The first-order chi connectivity index (χ1) is 13.0. The Morgan fingerprint density at radius 2 is 1.61 bits per heavy atom. The van der Waals surface area contributed by atoms with Crippen molar-refractivity contribution in [2.24, 2.45) is 10.1 Å². The zero-order chi connectivity index (χ0) is 20.9. The van der Waals surface area contributed by atoms with Crippen molar-refractivity contribution in [1.29, 1.82) is 0 Å². The molecule has 0 spiro atoms. The van der Waals surface area contributed by atoms with Gasteiger partial charge in [0.15, 0.2) is 15.8 Å². The van der Waals surface area contributed by atoms with E-state index < -0.39 is 19.9 Å². The largest absolute Gasteiger partial charge is 0.352 e. The normalized spacial score (nSPS) is 12.6. The van der Waals surface area contributed by atoms with Crippen molar-refractivity contribution in [3.05, 3.63) is 59.2 Å². The van der Waals surface area contributed by atoms with Crippen LogP contribution in [0, 0.1) is 6.92 Å². The fourth-order valence-electron chi connectivity index (χ4n) is 2.66. The Bertz CT molecular complexity index is 1090. The average molecular weight is 425 g/mol. The van der Waals surface area contributed by atoms with E-state index in [0.717, 1.165) is 11.1 Å². The minimum absolute atomic E-state index is 0.0520. The lowest BCUT2D eigenvalue weighted by Crippen LogP contribution is -2.36. The SMILES string of the molecule is CN=C(NCc1cccc(S(N)(=O)=O)c1)NCc1ccc(S(C)(=O)=O)c(C)c1. The van der Waals surface area contributed by atoms with Crippen LogP contribution in [0.25, 0.3) is 0 Å². The Morgan fingerprint density at radius 3 is 2.11 bits per heavy atom. The number of sulfonamides is 1. The van der Waals surface area contributed by atoms with Crippen LogP contribution in [0.3, 0.4) is 0 Å². The first-order valence-corrected chi connectivity index (χ1v) is 11.8. The zero-order valence-electron chi connectivity index (χ0n) is 15.9. The molecule has 2 aromatic rings. The summed E-state index contributed by atoms with van der Waals surface area (Å²) in [6, 6.07) is 11.5. The van der Waals surface area contributed by atoms with Crippen molar-refractivity contribution in [2.45, 2.75) is 29.8 Å². The molecule has 0 atom stereocenters. The van der Waals surface area contributed by atoms with Crippen LogP contribution in [0.2, 0.25) is 0 Å². The summed E-state index contributed by atoms with van der Waals surface area (Å²) in [4.78, 5) is 4.49. The molecule has 0 fully saturated rings. The summed E-state index contributed by atoms with van der Waals surface area (Å²) in [6.07, 6.45) is 1.18. The Morgan fingerprint density at radius 1 is 1.00 bits per heavy atom. The lowest BCUT2D eigenvalue weighted by atomic mass is 10.1. The van der Waals surface area contributed by atoms with Gasteiger partial charge in [-0.1, -0.05) is 24.3 Å². The van der Waals surface area contributed by atoms with E-state index in [2.05, 4.69) is 15.6 Å². The number of nitrogens with zero attached hydrogens (tertiary/aromatic N) is 1. The molecule has 152 valence electrons. The van der Waals surface area contributed by atoms with Gasteiger partial charge in [-0.25, -0.2) is 22.0 Å². The number of rotatable bonds is 6. The number of nitrogens with one attached hydrogen (secondary N) is 2. The molecule has 0 aliphatic carbocycles. The summed E-state index contributed by atoms with van der Waals surface area (Å²) >= 11 is 0. The van der Waals surface area contributed by atoms with E-state index in [1.54, 1.807) is 38.2 Å². The van der Waals surface area contributed by atoms with Gasteiger partial charge in [0, 0.05) is 26.4 Å². The summed E-state index contributed by atoms with van der Waals surface area (Å²) in [6.45, 7) is 2.56. The molecule has 0 bridgehead atoms. The maximum absolute atomic E-state index is 11.7. The van der Waals surface area contributed by atoms with E-state index >= 15 is 0 Å². The predicted octanol–water partition coefficient (Wildman–Crippen LogP) is 0.911. The molecular weight excluding hydrogens is 400 g/mol. The van der Waals surface area contributed by atoms with Crippen LogP contribution < -0.4 is 15.8 Å². The lowest BCUT2D eigenvalue weighted by Gasteiger charge is -2.13. The van der Waals surface area contributed by atoms with Gasteiger partial charge < -0.3 is 10.6 Å². The number of benzene rings is 2. The second-order valence-electron chi connectivity index (χ2n) is 6.34. The molecule has 0 saturated heterocycles. The highest BCUT2D eigenvalue weighted by Gasteiger charge is 2.11. The molecule has 0 saturated carbocycles. The molecule has 8 nitrogen and oxygen atoms in total. The second kappa shape index (κ2) is 8.72. The van der Waals surface area contributed by atoms with E-state index in [1.165, 1.54) is 18.4 Å². The third-order valence-electron chi connectivity index (χ3n) is 4.01. The number of hydrogen-bond acceptors (Lipinski definition) is 5. The molecule has 0 radical (unpaired) electrons. The summed E-state index contributed by atoms with van der Waals surface area (Å²) in [5.41, 5.74) is 2.33. The minimum Gasteiger partial charge on any atom is -0.352 e. The maximum Gasteiger partial charge on any atom is 0.238 e. The third-order valence-corrected chi connectivity index (χ3v) is 6.18. The standard InChI is InChI=1S/C18H24N4O4S2/c1-13-9-15(7-8-17(13)27(3,23)24)12-22-18(20-2)21-11-14-5-4-6-16(10-14)28(19,25)26/h4-10H,11-12H2,1-3H3,(H2,19,25,26)(H2,20,21,22). The van der Waals surface area contributed by atoms with Gasteiger partial charge in [-0.05, 0) is 41.8 Å². The number of guanidine groups is 1. The molecule has 2 aromatic carbocycles. The van der Waals surface area contributed by atoms with Crippen LogP contribution in [0.4, 0.5) is 0 Å². The number of aliphatic imine (C=N–C) groups is 1. The van der Waals surface area contributed by atoms with E-state index in [1.807, 2.05) is 6.07 Å². The first kappa shape index (κ1) is 21.9. The van der Waals surface area contributed by atoms with Gasteiger partial charge in [0.1, 0.15) is 0 Å². The molecule has 0 aromatic heterocycles. The molecule has 0 unspecified atom stereocenters. The van der Waals surface area contributed by atoms with Crippen molar-refractivity contribution in [3.63, 3.8) is 0 Å². The molecule has 10 heteroatoms. The van der Waals surface area contributed by atoms with Crippen LogP contribution in [0.1, 0.15) is 16.7 Å². The van der Waals surface area contributed by atoms with Gasteiger partial charge >= 0.3 is 0 Å². The smallest absolute Gasteiger partial charge is 0.238 e. The second-order valence-corrected chi connectivity index (χ2v) is 9.89. The van der Waals surface area contributed by atoms with Crippen LogP contribution in [0.15, 0.2) is 57.2 Å². The number of nitrogens with two attached hydrogens (primary N) is 1. The number of sulfone groups is 1. The van der Waals surface area contributed by atoms with Gasteiger partial charge in [-0.2, -0.15) is 0 Å². The van der Waals surface area contributed by atoms with Crippen LogP contribution in [-0.4, -0.2) is 36.1 Å². The van der Waals surface area contributed by atoms with Crippen molar-refractivity contribution in [1.82, 2.24) is 10.6 Å². The van der Waals surface area contributed by atoms with Gasteiger partial charge in [0.2, 0.25) is 10.0 Å². The Hall–Kier alpha value is -2.43. The predicted molar refractivity (Wildman–Crippen MR) is 109 cm³/mol. The molecule has 0 heterocycles. The lowest BCUT2D eigenvalue weighted by molar-refractivity contribution is 0.597. The summed E-state index contributed by atoms with van der Waals surface area (Å²) in [7, 11) is -5.38. The van der Waals surface area contributed by atoms with Crippen molar-refractivity contribution < 1.29 is 16.8 Å². The van der Waals surface area contributed by atoms with Gasteiger partial charge in [0.05, 0.1) is 9.79 Å². The first-order valence-electron chi connectivity index (χ1n) is 8.36. The number of hydrogen-bond donors (Lipinski definition) is 3. The molecule has 0 aliphatic heterocycles. The summed E-state index contributed by atoms with van der Waals surface area (Å²) in [5.74, 6) is 0.519. The average Bonchev–Trinajstić information content (AvgIpc) is 2.60. The van der Waals surface area contributed by atoms with Crippen LogP contribution in [-0.2, 0) is 33.0 Å². The van der Waals surface area contributed by atoms with Gasteiger partial charge in [-0.15, -0.1) is 0 Å². The van der Waals surface area contributed by atoms with E-state index in [0.29, 0.717) is 29.5 Å². The zero-order valence-corrected chi connectivity index (χ0v) is 17.6. The number of primary sulfonamides is 1. The fraction of sp³-hybridized carbons (Fsp3) is 0.278. The van der Waals surface area contributed by atoms with Crippen LogP contribution >= 0.6 is 0 Å². The molecule has 0 aliphatic rings. The van der Waals surface area contributed by atoms with Crippen molar-refractivity contribution in [3.8, 4) is 0 Å². The highest BCUT2D eigenvalue weighted by atomic mass is 32.2. The van der Waals surface area contributed by atoms with E-state index in [-0.39, 0.29) is 4.90 Å². The molecule has 2 rings (SSSR count). The van der Waals surface area contributed by atoms with Crippen LogP contribution in [0.5, 0.6) is 0 Å². The quantitative estimate of drug-likeness (QED) is 0.467. The van der Waals surface area contributed by atoms with Gasteiger partial charge in [0.25, 0.3) is 0 Å². The number of aryl methyl sites for hydroxylation is 1. The maximum atomic E-state index is 11.7. The Labute approximate surface area is 165 Å². The summed E-state index contributed by atoms with van der Waals surface area (Å²) in [5, 5.41) is 11.4. The van der Waals surface area contributed by atoms with E-state index in [9.17, 15) is 16.8 Å². The van der Waals surface area contributed by atoms with Gasteiger partial charge in [-0.3, -0.25) is 4.99 Å². The molecule has 28 heavy (non-hydrogen) atoms. The van der Waals surface area contributed by atoms with E-state index in [4.69, 9.17) is 5.14 Å². The highest BCUT2D eigenvalue weighted by Crippen LogP contribution is 2.16. The Kier molecular flexibility index (Phi) is 6.81. The minimum atomic E-state index is -3.75. The highest BCUT2D eigenvalue weighted by molar-refractivity contribution is 7.90. The van der Waals surface area contributed by atoms with Crippen molar-refractivity contribution in [2.75, 3.05) is 13.3 Å².